The Balaban J connectivity index is 2.77. The molecule has 0 unspecified atom stereocenters. The summed E-state index contributed by atoms with van der Waals surface area (Å²) in [5, 5.41) is 0.562. The first-order valence-corrected chi connectivity index (χ1v) is 5.17. The maximum absolute atomic E-state index is 5.78. The molecule has 0 saturated heterocycles. The van der Waals surface area contributed by atoms with E-state index in [0.29, 0.717) is 16.7 Å². The molecule has 68 valence electrons. The molecular formula is C7H4BrCl2N3. The zero-order valence-corrected chi connectivity index (χ0v) is 9.44. The van der Waals surface area contributed by atoms with Gasteiger partial charge in [-0.15, -0.1) is 11.6 Å². The summed E-state index contributed by atoms with van der Waals surface area (Å²) < 4.78 is 2.55. The lowest BCUT2D eigenvalue weighted by molar-refractivity contribution is 1.09. The molecule has 0 bridgehead atoms. The van der Waals surface area contributed by atoms with Crippen molar-refractivity contribution in [2.45, 2.75) is 5.88 Å². The van der Waals surface area contributed by atoms with Crippen LogP contribution in [-0.4, -0.2) is 14.4 Å². The van der Waals surface area contributed by atoms with Crippen molar-refractivity contribution in [2.24, 2.45) is 0 Å². The Morgan fingerprint density at radius 3 is 3.00 bits per heavy atom. The van der Waals surface area contributed by atoms with Crippen LogP contribution in [0.1, 0.15) is 5.69 Å². The van der Waals surface area contributed by atoms with Gasteiger partial charge in [-0.2, -0.15) is 0 Å². The van der Waals surface area contributed by atoms with E-state index in [1.165, 1.54) is 0 Å². The van der Waals surface area contributed by atoms with E-state index in [1.807, 2.05) is 0 Å². The smallest absolute Gasteiger partial charge is 0.235 e. The molecular weight excluding hydrogens is 277 g/mol. The molecule has 0 aliphatic carbocycles. The average Bonchev–Trinajstić information content (AvgIpc) is 2.44. The Morgan fingerprint density at radius 2 is 2.31 bits per heavy atom. The third kappa shape index (κ3) is 1.54. The molecule has 0 spiro atoms. The van der Waals surface area contributed by atoms with E-state index in [2.05, 4.69) is 25.9 Å². The Morgan fingerprint density at radius 1 is 1.54 bits per heavy atom. The van der Waals surface area contributed by atoms with Crippen molar-refractivity contribution in [1.82, 2.24) is 14.4 Å². The van der Waals surface area contributed by atoms with Gasteiger partial charge in [0.25, 0.3) is 0 Å². The monoisotopic (exact) mass is 279 g/mol. The molecule has 2 aromatic heterocycles. The van der Waals surface area contributed by atoms with Gasteiger partial charge in [-0.3, -0.25) is 4.40 Å². The quantitative estimate of drug-likeness (QED) is 0.752. The standard InChI is InChI=1S/C7H4BrCl2N3/c8-6-5(1-9)12-7-11-2-4(10)3-13(6)7/h2-3H,1H2. The van der Waals surface area contributed by atoms with E-state index in [4.69, 9.17) is 23.2 Å². The molecule has 0 aromatic carbocycles. The highest BCUT2D eigenvalue weighted by Crippen LogP contribution is 2.20. The van der Waals surface area contributed by atoms with Gasteiger partial charge in [0.05, 0.1) is 22.8 Å². The lowest BCUT2D eigenvalue weighted by atomic mass is 10.6. The van der Waals surface area contributed by atoms with Crippen LogP contribution in [0, 0.1) is 0 Å². The molecule has 2 rings (SSSR count). The van der Waals surface area contributed by atoms with Crippen LogP contribution >= 0.6 is 39.1 Å². The summed E-state index contributed by atoms with van der Waals surface area (Å²) in [5.74, 6) is 0.939. The number of fused-ring (bicyclic) bond motifs is 1. The normalized spacial score (nSPS) is 11.0. The van der Waals surface area contributed by atoms with Crippen molar-refractivity contribution >= 4 is 44.9 Å². The zero-order valence-electron chi connectivity index (χ0n) is 6.34. The molecule has 0 aliphatic heterocycles. The minimum Gasteiger partial charge on any atom is -0.276 e. The molecule has 0 saturated carbocycles. The third-order valence-electron chi connectivity index (χ3n) is 1.58. The van der Waals surface area contributed by atoms with Gasteiger partial charge in [0.2, 0.25) is 5.78 Å². The summed E-state index contributed by atoms with van der Waals surface area (Å²) in [6, 6.07) is 0. The number of imidazole rings is 1. The molecule has 0 fully saturated rings. The summed E-state index contributed by atoms with van der Waals surface area (Å²) in [7, 11) is 0. The van der Waals surface area contributed by atoms with Gasteiger partial charge in [-0.05, 0) is 15.9 Å². The van der Waals surface area contributed by atoms with Crippen LogP contribution in [0.25, 0.3) is 5.78 Å². The fraction of sp³-hybridized carbons (Fsp3) is 0.143. The number of hydrogen-bond donors (Lipinski definition) is 0. The van der Waals surface area contributed by atoms with E-state index in [-0.39, 0.29) is 0 Å². The molecule has 0 amide bonds. The number of hydrogen-bond acceptors (Lipinski definition) is 2. The summed E-state index contributed by atoms with van der Waals surface area (Å²) in [4.78, 5) is 8.23. The number of alkyl halides is 1. The van der Waals surface area contributed by atoms with Crippen molar-refractivity contribution in [3.05, 3.63) is 27.7 Å². The van der Waals surface area contributed by atoms with E-state index in [1.54, 1.807) is 16.8 Å². The summed E-state index contributed by atoms with van der Waals surface area (Å²) in [6.45, 7) is 0. The highest BCUT2D eigenvalue weighted by Gasteiger charge is 2.09. The van der Waals surface area contributed by atoms with Gasteiger partial charge >= 0.3 is 0 Å². The van der Waals surface area contributed by atoms with Crippen molar-refractivity contribution in [1.29, 1.82) is 0 Å². The number of aromatic nitrogens is 3. The molecule has 0 atom stereocenters. The lowest BCUT2D eigenvalue weighted by Crippen LogP contribution is -1.87. The van der Waals surface area contributed by atoms with Crippen LogP contribution in [0.4, 0.5) is 0 Å². The minimum atomic E-state index is 0.349. The van der Waals surface area contributed by atoms with Crippen molar-refractivity contribution in [3.8, 4) is 0 Å². The fourth-order valence-electron chi connectivity index (χ4n) is 1.01. The molecule has 6 heteroatoms. The minimum absolute atomic E-state index is 0.349. The first kappa shape index (κ1) is 9.24. The van der Waals surface area contributed by atoms with E-state index < -0.39 is 0 Å². The Hall–Kier alpha value is -0.320. The van der Waals surface area contributed by atoms with Crippen molar-refractivity contribution in [3.63, 3.8) is 0 Å². The SMILES string of the molecule is ClCc1nc2ncc(Cl)cn2c1Br. The second kappa shape index (κ2) is 3.44. The summed E-state index contributed by atoms with van der Waals surface area (Å²) in [6.07, 6.45) is 3.28. The van der Waals surface area contributed by atoms with E-state index >= 15 is 0 Å². The fourth-order valence-corrected chi connectivity index (χ4v) is 2.00. The Bertz CT molecular complexity index is 454. The largest absolute Gasteiger partial charge is 0.276 e. The van der Waals surface area contributed by atoms with Gasteiger partial charge in [0.1, 0.15) is 4.60 Å². The maximum atomic E-state index is 5.78. The Labute approximate surface area is 92.8 Å². The molecule has 0 radical (unpaired) electrons. The van der Waals surface area contributed by atoms with Crippen molar-refractivity contribution < 1.29 is 0 Å². The Kier molecular flexibility index (Phi) is 2.45. The molecule has 3 nitrogen and oxygen atoms in total. The lowest BCUT2D eigenvalue weighted by Gasteiger charge is -1.93. The highest BCUT2D eigenvalue weighted by molar-refractivity contribution is 9.10. The second-order valence-electron chi connectivity index (χ2n) is 2.43. The topological polar surface area (TPSA) is 30.2 Å². The maximum Gasteiger partial charge on any atom is 0.235 e. The summed E-state index contributed by atoms with van der Waals surface area (Å²) >= 11 is 14.8. The number of nitrogens with zero attached hydrogens (tertiary/aromatic N) is 3. The first-order chi connectivity index (χ1) is 6.22. The van der Waals surface area contributed by atoms with Crippen LogP contribution in [0.5, 0.6) is 0 Å². The van der Waals surface area contributed by atoms with Gasteiger partial charge in [0.15, 0.2) is 0 Å². The van der Waals surface area contributed by atoms with Crippen molar-refractivity contribution in [2.75, 3.05) is 0 Å². The van der Waals surface area contributed by atoms with Crippen LogP contribution in [0.3, 0.4) is 0 Å². The van der Waals surface area contributed by atoms with E-state index in [9.17, 15) is 0 Å². The molecule has 0 aliphatic rings. The number of halogens is 3. The van der Waals surface area contributed by atoms with Gasteiger partial charge < -0.3 is 0 Å². The second-order valence-corrected chi connectivity index (χ2v) is 3.88. The van der Waals surface area contributed by atoms with Crippen LogP contribution in [-0.2, 0) is 5.88 Å². The first-order valence-electron chi connectivity index (χ1n) is 3.46. The van der Waals surface area contributed by atoms with Gasteiger partial charge in [-0.1, -0.05) is 11.6 Å². The highest BCUT2D eigenvalue weighted by atomic mass is 79.9. The third-order valence-corrected chi connectivity index (χ3v) is 2.87. The predicted octanol–water partition coefficient (Wildman–Crippen LogP) is 2.88. The van der Waals surface area contributed by atoms with Gasteiger partial charge in [-0.25, -0.2) is 9.97 Å². The summed E-state index contributed by atoms with van der Waals surface area (Å²) in [5.41, 5.74) is 0.761. The molecule has 2 heterocycles. The predicted molar refractivity (Wildman–Crippen MR) is 55.3 cm³/mol. The number of rotatable bonds is 1. The van der Waals surface area contributed by atoms with Crippen LogP contribution < -0.4 is 0 Å². The average molecular weight is 281 g/mol. The molecule has 2 aromatic rings. The molecule has 13 heavy (non-hydrogen) atoms. The van der Waals surface area contributed by atoms with E-state index in [0.717, 1.165) is 10.3 Å². The van der Waals surface area contributed by atoms with Crippen LogP contribution in [0.2, 0.25) is 5.02 Å². The zero-order chi connectivity index (χ0) is 9.42. The van der Waals surface area contributed by atoms with Gasteiger partial charge in [0, 0.05) is 6.20 Å². The molecule has 0 N–H and O–H groups in total. The van der Waals surface area contributed by atoms with Crippen LogP contribution in [0.15, 0.2) is 17.0 Å².